The van der Waals surface area contributed by atoms with Crippen molar-refractivity contribution in [2.24, 2.45) is 0 Å². The number of nitrogens with one attached hydrogen (secondary N) is 2. The molecule has 2 N–H and O–H groups in total. The van der Waals surface area contributed by atoms with Crippen molar-refractivity contribution in [3.05, 3.63) is 60.2 Å². The molecule has 0 atom stereocenters. The molecule has 0 aliphatic heterocycles. The Kier molecular flexibility index (Phi) is 8.41. The van der Waals surface area contributed by atoms with Gasteiger partial charge in [0.25, 0.3) is 5.91 Å². The monoisotopic (exact) mass is 410 g/mol. The van der Waals surface area contributed by atoms with Crippen LogP contribution in [0.3, 0.4) is 0 Å². The van der Waals surface area contributed by atoms with Crippen LogP contribution in [0.25, 0.3) is 0 Å². The minimum absolute atomic E-state index is 0.0244. The van der Waals surface area contributed by atoms with E-state index in [4.69, 9.17) is 0 Å². The normalized spacial score (nSPS) is 10.4. The van der Waals surface area contributed by atoms with Crippen LogP contribution in [0.5, 0.6) is 0 Å². The fourth-order valence-electron chi connectivity index (χ4n) is 3.10. The summed E-state index contributed by atoms with van der Waals surface area (Å²) in [4.78, 5) is 39.8. The molecule has 2 rings (SSSR count). The van der Waals surface area contributed by atoms with Crippen LogP contribution in [0.4, 0.5) is 16.2 Å². The summed E-state index contributed by atoms with van der Waals surface area (Å²) in [6, 6.07) is 16.0. The van der Waals surface area contributed by atoms with Gasteiger partial charge in [0.2, 0.25) is 5.91 Å². The molecule has 7 heteroatoms. The number of hydrogen-bond donors (Lipinski definition) is 2. The molecule has 0 bridgehead atoms. The van der Waals surface area contributed by atoms with Crippen LogP contribution >= 0.6 is 0 Å². The lowest BCUT2D eigenvalue weighted by molar-refractivity contribution is -0.130. The summed E-state index contributed by atoms with van der Waals surface area (Å²) in [6.07, 6.45) is 0.658. The van der Waals surface area contributed by atoms with Crippen LogP contribution in [0.2, 0.25) is 0 Å². The fraction of sp³-hybridized carbons (Fsp3) is 0.348. The summed E-state index contributed by atoms with van der Waals surface area (Å²) in [5, 5.41) is 5.53. The van der Waals surface area contributed by atoms with Crippen LogP contribution in [0.15, 0.2) is 54.6 Å². The van der Waals surface area contributed by atoms with Crippen molar-refractivity contribution in [1.29, 1.82) is 0 Å². The molecule has 0 spiro atoms. The highest BCUT2D eigenvalue weighted by atomic mass is 16.2. The van der Waals surface area contributed by atoms with Crippen molar-refractivity contribution < 1.29 is 14.4 Å². The van der Waals surface area contributed by atoms with Crippen LogP contribution in [-0.4, -0.2) is 48.9 Å². The lowest BCUT2D eigenvalue weighted by atomic mass is 10.1. The van der Waals surface area contributed by atoms with Crippen LogP contribution in [0, 0.1) is 0 Å². The van der Waals surface area contributed by atoms with Crippen molar-refractivity contribution in [2.45, 2.75) is 33.2 Å². The number of hydrogen-bond acceptors (Lipinski definition) is 3. The molecule has 30 heavy (non-hydrogen) atoms. The van der Waals surface area contributed by atoms with E-state index in [9.17, 15) is 14.4 Å². The smallest absolute Gasteiger partial charge is 0.319 e. The summed E-state index contributed by atoms with van der Waals surface area (Å²) in [7, 11) is 1.71. The molecule has 0 aromatic heterocycles. The minimum atomic E-state index is -0.352. The molecule has 0 aliphatic rings. The number of carbonyl (C=O) groups is 3. The quantitative estimate of drug-likeness (QED) is 0.651. The van der Waals surface area contributed by atoms with E-state index in [2.05, 4.69) is 10.6 Å². The standard InChI is InChI=1S/C23H30N4O3/c1-17(2)27(18(3)28)15-9-14-24-23(30)25-20-11-8-10-19(16-20)22(29)26(4)21-12-6-5-7-13-21/h5-8,10-13,16-17H,9,14-15H2,1-4H3,(H2,24,25,30). The topological polar surface area (TPSA) is 81.8 Å². The Morgan fingerprint density at radius 3 is 2.33 bits per heavy atom. The SMILES string of the molecule is CC(=O)N(CCCNC(=O)Nc1cccc(C(=O)N(C)c2ccccc2)c1)C(C)C. The third-order valence-corrected chi connectivity index (χ3v) is 4.70. The van der Waals surface area contributed by atoms with Gasteiger partial charge in [-0.05, 0) is 50.6 Å². The second kappa shape index (κ2) is 11.0. The van der Waals surface area contributed by atoms with Crippen molar-refractivity contribution >= 4 is 29.2 Å². The lowest BCUT2D eigenvalue weighted by Gasteiger charge is -2.25. The van der Waals surface area contributed by atoms with E-state index in [0.29, 0.717) is 30.8 Å². The van der Waals surface area contributed by atoms with Gasteiger partial charge < -0.3 is 20.4 Å². The first-order chi connectivity index (χ1) is 14.3. The van der Waals surface area contributed by atoms with Gasteiger partial charge in [0.1, 0.15) is 0 Å². The Balaban J connectivity index is 1.88. The summed E-state index contributed by atoms with van der Waals surface area (Å²) in [6.45, 7) is 6.50. The van der Waals surface area contributed by atoms with E-state index in [1.165, 1.54) is 0 Å². The number of rotatable bonds is 8. The number of para-hydroxylation sites is 1. The molecule has 2 aromatic carbocycles. The molecule has 7 nitrogen and oxygen atoms in total. The number of anilines is 2. The average molecular weight is 411 g/mol. The molecule has 0 aliphatic carbocycles. The van der Waals surface area contributed by atoms with Gasteiger partial charge in [0.15, 0.2) is 0 Å². The van der Waals surface area contributed by atoms with Crippen molar-refractivity contribution in [3.63, 3.8) is 0 Å². The summed E-state index contributed by atoms with van der Waals surface area (Å²) in [5.41, 5.74) is 1.81. The summed E-state index contributed by atoms with van der Waals surface area (Å²) in [5.74, 6) is -0.139. The highest BCUT2D eigenvalue weighted by Crippen LogP contribution is 2.17. The predicted octanol–water partition coefficient (Wildman–Crippen LogP) is 3.73. The van der Waals surface area contributed by atoms with Crippen molar-refractivity contribution in [2.75, 3.05) is 30.4 Å². The molecule has 0 saturated heterocycles. The molecule has 0 unspecified atom stereocenters. The maximum atomic E-state index is 12.7. The predicted molar refractivity (Wildman–Crippen MR) is 120 cm³/mol. The average Bonchev–Trinajstić information content (AvgIpc) is 2.72. The van der Waals surface area contributed by atoms with Gasteiger partial charge >= 0.3 is 6.03 Å². The van der Waals surface area contributed by atoms with E-state index < -0.39 is 0 Å². The maximum Gasteiger partial charge on any atom is 0.319 e. The van der Waals surface area contributed by atoms with Crippen LogP contribution in [0.1, 0.15) is 37.6 Å². The van der Waals surface area contributed by atoms with Gasteiger partial charge in [-0.3, -0.25) is 9.59 Å². The molecule has 0 heterocycles. The van der Waals surface area contributed by atoms with Gasteiger partial charge in [-0.15, -0.1) is 0 Å². The summed E-state index contributed by atoms with van der Waals surface area (Å²) < 4.78 is 0. The number of urea groups is 1. The number of amides is 4. The molecule has 0 fully saturated rings. The van der Waals surface area contributed by atoms with Crippen LogP contribution in [-0.2, 0) is 4.79 Å². The van der Waals surface area contributed by atoms with Crippen LogP contribution < -0.4 is 15.5 Å². The molecule has 2 aromatic rings. The largest absolute Gasteiger partial charge is 0.340 e. The van der Waals surface area contributed by atoms with E-state index in [1.54, 1.807) is 48.0 Å². The number of benzene rings is 2. The zero-order chi connectivity index (χ0) is 22.1. The van der Waals surface area contributed by atoms with Gasteiger partial charge in [-0.1, -0.05) is 24.3 Å². The zero-order valence-electron chi connectivity index (χ0n) is 18.0. The van der Waals surface area contributed by atoms with E-state index in [-0.39, 0.29) is 23.9 Å². The first-order valence-corrected chi connectivity index (χ1v) is 10.0. The lowest BCUT2D eigenvalue weighted by Crippen LogP contribution is -2.38. The van der Waals surface area contributed by atoms with Gasteiger partial charge in [-0.25, -0.2) is 4.79 Å². The summed E-state index contributed by atoms with van der Waals surface area (Å²) >= 11 is 0. The second-order valence-electron chi connectivity index (χ2n) is 7.32. The van der Waals surface area contributed by atoms with Gasteiger partial charge in [0, 0.05) is 50.0 Å². The molecular formula is C23H30N4O3. The van der Waals surface area contributed by atoms with Gasteiger partial charge in [-0.2, -0.15) is 0 Å². The highest BCUT2D eigenvalue weighted by molar-refractivity contribution is 6.06. The highest BCUT2D eigenvalue weighted by Gasteiger charge is 2.14. The number of carbonyl (C=O) groups excluding carboxylic acids is 3. The minimum Gasteiger partial charge on any atom is -0.340 e. The van der Waals surface area contributed by atoms with E-state index >= 15 is 0 Å². The molecule has 0 saturated carbocycles. The third kappa shape index (κ3) is 6.62. The maximum absolute atomic E-state index is 12.7. The van der Waals surface area contributed by atoms with Gasteiger partial charge in [0.05, 0.1) is 0 Å². The van der Waals surface area contributed by atoms with E-state index in [1.807, 2.05) is 44.2 Å². The van der Waals surface area contributed by atoms with Crippen molar-refractivity contribution in [3.8, 4) is 0 Å². The first-order valence-electron chi connectivity index (χ1n) is 10.0. The van der Waals surface area contributed by atoms with E-state index in [0.717, 1.165) is 5.69 Å². The number of nitrogens with zero attached hydrogens (tertiary/aromatic N) is 2. The molecule has 160 valence electrons. The fourth-order valence-corrected chi connectivity index (χ4v) is 3.10. The molecular weight excluding hydrogens is 380 g/mol. The Morgan fingerprint density at radius 2 is 1.70 bits per heavy atom. The second-order valence-corrected chi connectivity index (χ2v) is 7.32. The van der Waals surface area contributed by atoms with Crippen molar-refractivity contribution in [1.82, 2.24) is 10.2 Å². The third-order valence-electron chi connectivity index (χ3n) is 4.70. The Morgan fingerprint density at radius 1 is 1.00 bits per heavy atom. The Bertz CT molecular complexity index is 868. The Labute approximate surface area is 178 Å². The molecule has 4 amide bonds. The first kappa shape index (κ1) is 22.9. The Hall–Kier alpha value is -3.35. The zero-order valence-corrected chi connectivity index (χ0v) is 18.0. The molecule has 0 radical (unpaired) electrons.